The van der Waals surface area contributed by atoms with Crippen LogP contribution < -0.4 is 5.32 Å². The van der Waals surface area contributed by atoms with E-state index in [9.17, 15) is 31.5 Å². The average molecular weight is 474 g/mol. The molecule has 2 atom stereocenters. The highest BCUT2D eigenvalue weighted by Gasteiger charge is 2.46. The molecule has 1 heterocycles. The van der Waals surface area contributed by atoms with E-state index in [2.05, 4.69) is 5.32 Å². The lowest BCUT2D eigenvalue weighted by atomic mass is 9.87. The third kappa shape index (κ3) is 4.78. The first kappa shape index (κ1) is 23.4. The summed E-state index contributed by atoms with van der Waals surface area (Å²) in [4.78, 5) is 27.7. The van der Waals surface area contributed by atoms with E-state index >= 15 is 0 Å². The number of likely N-dealkylation sites (tertiary alicyclic amines) is 1. The van der Waals surface area contributed by atoms with Crippen LogP contribution in [0.15, 0.2) is 72.8 Å². The number of alkyl halides is 3. The van der Waals surface area contributed by atoms with Crippen LogP contribution in [-0.4, -0.2) is 23.3 Å². The Morgan fingerprint density at radius 2 is 1.62 bits per heavy atom. The fourth-order valence-corrected chi connectivity index (χ4v) is 4.07. The highest BCUT2D eigenvalue weighted by molar-refractivity contribution is 6.08. The molecular formula is C25H19F5N2O2. The van der Waals surface area contributed by atoms with Gasteiger partial charge in [-0.2, -0.15) is 13.2 Å². The summed E-state index contributed by atoms with van der Waals surface area (Å²) in [7, 11) is 0. The zero-order chi connectivity index (χ0) is 24.5. The molecule has 0 radical (unpaired) electrons. The molecule has 0 aromatic heterocycles. The molecule has 1 aliphatic rings. The first-order valence-electron chi connectivity index (χ1n) is 10.4. The molecule has 0 bridgehead atoms. The molecule has 0 aliphatic carbocycles. The van der Waals surface area contributed by atoms with Crippen LogP contribution in [-0.2, 0) is 22.3 Å². The molecule has 0 unspecified atom stereocenters. The SMILES string of the molecule is O=C(Nc1cccc(F)c1F)[C@H]1C(=O)N(Cc2ccccc2)C[C@@H]1c1ccc(C(F)(F)F)cc1. The molecule has 0 saturated carbocycles. The summed E-state index contributed by atoms with van der Waals surface area (Å²) in [6.07, 6.45) is -4.53. The van der Waals surface area contributed by atoms with Gasteiger partial charge in [-0.15, -0.1) is 0 Å². The molecular weight excluding hydrogens is 455 g/mol. The summed E-state index contributed by atoms with van der Waals surface area (Å²) >= 11 is 0. The number of rotatable bonds is 5. The van der Waals surface area contributed by atoms with Crippen LogP contribution in [0.1, 0.15) is 22.6 Å². The highest BCUT2D eigenvalue weighted by Crippen LogP contribution is 2.37. The van der Waals surface area contributed by atoms with Crippen molar-refractivity contribution in [2.75, 3.05) is 11.9 Å². The lowest BCUT2D eigenvalue weighted by Crippen LogP contribution is -2.34. The van der Waals surface area contributed by atoms with Crippen molar-refractivity contribution in [2.24, 2.45) is 5.92 Å². The second kappa shape index (κ2) is 9.24. The van der Waals surface area contributed by atoms with Gasteiger partial charge < -0.3 is 10.2 Å². The number of halogens is 5. The number of hydrogen-bond acceptors (Lipinski definition) is 2. The molecule has 176 valence electrons. The Morgan fingerprint density at radius 1 is 0.941 bits per heavy atom. The minimum absolute atomic E-state index is 0.0722. The number of nitrogens with one attached hydrogen (secondary N) is 1. The van der Waals surface area contributed by atoms with Gasteiger partial charge in [-0.05, 0) is 35.4 Å². The van der Waals surface area contributed by atoms with Crippen molar-refractivity contribution in [3.63, 3.8) is 0 Å². The maximum atomic E-state index is 14.1. The van der Waals surface area contributed by atoms with Gasteiger partial charge in [0.15, 0.2) is 11.6 Å². The molecule has 2 amide bonds. The maximum absolute atomic E-state index is 14.1. The van der Waals surface area contributed by atoms with E-state index < -0.39 is 52.7 Å². The largest absolute Gasteiger partial charge is 0.416 e. The van der Waals surface area contributed by atoms with Crippen LogP contribution in [0, 0.1) is 17.6 Å². The van der Waals surface area contributed by atoms with Gasteiger partial charge in [0.05, 0.1) is 11.3 Å². The van der Waals surface area contributed by atoms with E-state index in [0.29, 0.717) is 5.56 Å². The van der Waals surface area contributed by atoms with Crippen molar-refractivity contribution in [3.8, 4) is 0 Å². The van der Waals surface area contributed by atoms with Gasteiger partial charge in [-0.3, -0.25) is 9.59 Å². The number of hydrogen-bond donors (Lipinski definition) is 1. The van der Waals surface area contributed by atoms with Crippen LogP contribution in [0.5, 0.6) is 0 Å². The minimum atomic E-state index is -4.53. The molecule has 1 N–H and O–H groups in total. The van der Waals surface area contributed by atoms with Gasteiger partial charge in [-0.25, -0.2) is 8.78 Å². The summed E-state index contributed by atoms with van der Waals surface area (Å²) in [5, 5.41) is 2.26. The standard InChI is InChI=1S/C25H19F5N2O2/c26-19-7-4-8-20(22(19)27)31-23(33)21-18(16-9-11-17(12-10-16)25(28,29)30)14-32(24(21)34)13-15-5-2-1-3-6-15/h1-12,18,21H,13-14H2,(H,31,33)/t18-,21+/m1/s1. The molecule has 1 aliphatic heterocycles. The zero-order valence-corrected chi connectivity index (χ0v) is 17.7. The lowest BCUT2D eigenvalue weighted by Gasteiger charge is -2.18. The molecule has 1 fully saturated rings. The molecule has 9 heteroatoms. The molecule has 4 rings (SSSR count). The Hall–Kier alpha value is -3.75. The van der Waals surface area contributed by atoms with E-state index in [1.165, 1.54) is 23.1 Å². The summed E-state index contributed by atoms with van der Waals surface area (Å²) in [5.41, 5.74) is -0.119. The Balaban J connectivity index is 1.65. The summed E-state index contributed by atoms with van der Waals surface area (Å²) in [6, 6.07) is 16.5. The van der Waals surface area contributed by atoms with Gasteiger partial charge in [0.25, 0.3) is 0 Å². The average Bonchev–Trinajstić information content (AvgIpc) is 3.13. The monoisotopic (exact) mass is 474 g/mol. The predicted octanol–water partition coefficient (Wildman–Crippen LogP) is 5.36. The van der Waals surface area contributed by atoms with Crippen LogP contribution in [0.25, 0.3) is 0 Å². The Labute approximate surface area is 192 Å². The molecule has 34 heavy (non-hydrogen) atoms. The fraction of sp³-hybridized carbons (Fsp3) is 0.200. The molecule has 0 spiro atoms. The number of anilines is 1. The quantitative estimate of drug-likeness (QED) is 0.400. The third-order valence-electron chi connectivity index (χ3n) is 5.77. The lowest BCUT2D eigenvalue weighted by molar-refractivity contribution is -0.138. The highest BCUT2D eigenvalue weighted by atomic mass is 19.4. The first-order valence-corrected chi connectivity index (χ1v) is 10.4. The van der Waals surface area contributed by atoms with E-state index in [1.807, 2.05) is 6.07 Å². The number of benzene rings is 3. The van der Waals surface area contributed by atoms with Gasteiger partial charge in [0, 0.05) is 19.0 Å². The minimum Gasteiger partial charge on any atom is -0.337 e. The van der Waals surface area contributed by atoms with Crippen LogP contribution in [0.3, 0.4) is 0 Å². The second-order valence-corrected chi connectivity index (χ2v) is 8.00. The van der Waals surface area contributed by atoms with Crippen LogP contribution in [0.2, 0.25) is 0 Å². The van der Waals surface area contributed by atoms with Crippen molar-refractivity contribution in [3.05, 3.63) is 101 Å². The topological polar surface area (TPSA) is 49.4 Å². The molecule has 4 nitrogen and oxygen atoms in total. The van der Waals surface area contributed by atoms with Crippen molar-refractivity contribution < 1.29 is 31.5 Å². The van der Waals surface area contributed by atoms with E-state index in [1.54, 1.807) is 24.3 Å². The first-order chi connectivity index (χ1) is 16.1. The van der Waals surface area contributed by atoms with Crippen molar-refractivity contribution >= 4 is 17.5 Å². The van der Waals surface area contributed by atoms with E-state index in [-0.39, 0.29) is 13.1 Å². The summed E-state index contributed by atoms with van der Waals surface area (Å²) in [5.74, 6) is -5.97. The zero-order valence-electron chi connectivity index (χ0n) is 17.7. The van der Waals surface area contributed by atoms with Crippen LogP contribution >= 0.6 is 0 Å². The predicted molar refractivity (Wildman–Crippen MR) is 115 cm³/mol. The summed E-state index contributed by atoms with van der Waals surface area (Å²) < 4.78 is 66.6. The Morgan fingerprint density at radius 3 is 2.26 bits per heavy atom. The smallest absolute Gasteiger partial charge is 0.337 e. The maximum Gasteiger partial charge on any atom is 0.416 e. The van der Waals surface area contributed by atoms with Crippen molar-refractivity contribution in [2.45, 2.75) is 18.6 Å². The van der Waals surface area contributed by atoms with Crippen molar-refractivity contribution in [1.29, 1.82) is 0 Å². The van der Waals surface area contributed by atoms with Gasteiger partial charge in [-0.1, -0.05) is 48.5 Å². The Bertz CT molecular complexity index is 1200. The number of carbonyl (C=O) groups excluding carboxylic acids is 2. The van der Waals surface area contributed by atoms with Crippen molar-refractivity contribution in [1.82, 2.24) is 4.90 Å². The fourth-order valence-electron chi connectivity index (χ4n) is 4.07. The number of nitrogens with zero attached hydrogens (tertiary/aromatic N) is 1. The molecule has 1 saturated heterocycles. The Kier molecular flexibility index (Phi) is 6.37. The summed E-state index contributed by atoms with van der Waals surface area (Å²) in [6.45, 7) is 0.262. The van der Waals surface area contributed by atoms with E-state index in [4.69, 9.17) is 0 Å². The van der Waals surface area contributed by atoms with Gasteiger partial charge in [0.2, 0.25) is 11.8 Å². The van der Waals surface area contributed by atoms with Gasteiger partial charge in [0.1, 0.15) is 5.92 Å². The second-order valence-electron chi connectivity index (χ2n) is 8.00. The normalized spacial score (nSPS) is 18.3. The van der Waals surface area contributed by atoms with Crippen LogP contribution in [0.4, 0.5) is 27.6 Å². The molecule has 3 aromatic carbocycles. The number of carbonyl (C=O) groups is 2. The number of amides is 2. The van der Waals surface area contributed by atoms with Gasteiger partial charge >= 0.3 is 6.18 Å². The molecule has 3 aromatic rings. The third-order valence-corrected chi connectivity index (χ3v) is 5.77. The van der Waals surface area contributed by atoms with E-state index in [0.717, 1.165) is 29.8 Å².